The maximum Gasteiger partial charge on any atom is 0.278 e. The minimum atomic E-state index is -0.458. The Morgan fingerprint density at radius 2 is 1.58 bits per heavy atom. The number of nitrogens with zero attached hydrogens (tertiary/aromatic N) is 2. The molecule has 2 amide bonds. The van der Waals surface area contributed by atoms with Gasteiger partial charge in [-0.3, -0.25) is 19.4 Å². The standard InChI is InChI=1S/C24H21N5O3S/c1-2-20(30)25-19-12-6-5-11-17(19)22-23(32)27-24(29-28-22)33-14-21(31)26-18-13-7-9-15-8-3-4-10-16(15)18/h3-13H,2,14H2,1H3,(H,25,30)(H,26,31)(H,27,29,32). The van der Waals surface area contributed by atoms with Crippen LogP contribution >= 0.6 is 11.8 Å². The molecule has 3 aromatic carbocycles. The normalized spacial score (nSPS) is 10.7. The van der Waals surface area contributed by atoms with Crippen LogP contribution in [0, 0.1) is 0 Å². The van der Waals surface area contributed by atoms with Gasteiger partial charge in [-0.05, 0) is 17.5 Å². The lowest BCUT2D eigenvalue weighted by molar-refractivity contribution is -0.116. The number of hydrogen-bond acceptors (Lipinski definition) is 6. The molecule has 0 atom stereocenters. The van der Waals surface area contributed by atoms with Gasteiger partial charge in [-0.15, -0.1) is 10.2 Å². The number of nitrogens with one attached hydrogen (secondary N) is 3. The van der Waals surface area contributed by atoms with E-state index >= 15 is 0 Å². The average molecular weight is 460 g/mol. The predicted octanol–water partition coefficient (Wildman–Crippen LogP) is 4.06. The van der Waals surface area contributed by atoms with E-state index in [-0.39, 0.29) is 28.4 Å². The Bertz CT molecular complexity index is 1380. The zero-order valence-electron chi connectivity index (χ0n) is 17.8. The molecular weight excluding hydrogens is 438 g/mol. The summed E-state index contributed by atoms with van der Waals surface area (Å²) < 4.78 is 0. The average Bonchev–Trinajstić information content (AvgIpc) is 2.83. The third-order valence-corrected chi connectivity index (χ3v) is 5.72. The van der Waals surface area contributed by atoms with Gasteiger partial charge in [0.25, 0.3) is 5.56 Å². The molecule has 1 aromatic heterocycles. The highest BCUT2D eigenvalue weighted by molar-refractivity contribution is 7.99. The van der Waals surface area contributed by atoms with Gasteiger partial charge in [0.1, 0.15) is 0 Å². The van der Waals surface area contributed by atoms with E-state index in [0.29, 0.717) is 17.7 Å². The van der Waals surface area contributed by atoms with E-state index < -0.39 is 5.56 Å². The van der Waals surface area contributed by atoms with E-state index in [2.05, 4.69) is 25.8 Å². The number of H-pyrrole nitrogens is 1. The molecule has 0 fully saturated rings. The van der Waals surface area contributed by atoms with Crippen molar-refractivity contribution in [1.29, 1.82) is 0 Å². The number of para-hydroxylation sites is 1. The summed E-state index contributed by atoms with van der Waals surface area (Å²) in [6, 6.07) is 20.4. The van der Waals surface area contributed by atoms with Gasteiger partial charge in [0, 0.05) is 23.1 Å². The number of benzene rings is 3. The fourth-order valence-electron chi connectivity index (χ4n) is 3.26. The molecule has 9 heteroatoms. The second-order valence-electron chi connectivity index (χ2n) is 7.12. The van der Waals surface area contributed by atoms with E-state index in [1.165, 1.54) is 0 Å². The molecule has 0 saturated heterocycles. The van der Waals surface area contributed by atoms with Crippen molar-refractivity contribution in [3.8, 4) is 11.3 Å². The van der Waals surface area contributed by atoms with Crippen LogP contribution < -0.4 is 16.2 Å². The second kappa shape index (κ2) is 10.1. The van der Waals surface area contributed by atoms with Crippen LogP contribution in [0.5, 0.6) is 0 Å². The first-order chi connectivity index (χ1) is 16.0. The molecule has 4 aromatic rings. The monoisotopic (exact) mass is 459 g/mol. The highest BCUT2D eigenvalue weighted by atomic mass is 32.2. The van der Waals surface area contributed by atoms with E-state index in [0.717, 1.165) is 28.2 Å². The van der Waals surface area contributed by atoms with Crippen LogP contribution in [0.2, 0.25) is 0 Å². The Hall–Kier alpha value is -3.98. The van der Waals surface area contributed by atoms with Crippen molar-refractivity contribution in [2.75, 3.05) is 16.4 Å². The largest absolute Gasteiger partial charge is 0.325 e. The van der Waals surface area contributed by atoms with Crippen molar-refractivity contribution in [3.05, 3.63) is 77.1 Å². The number of carbonyl (C=O) groups is 2. The minimum Gasteiger partial charge on any atom is -0.325 e. The van der Waals surface area contributed by atoms with Crippen LogP contribution in [0.3, 0.4) is 0 Å². The Balaban J connectivity index is 1.46. The molecule has 4 rings (SSSR count). The molecule has 0 radical (unpaired) electrons. The molecule has 0 bridgehead atoms. The number of aromatic amines is 1. The number of amides is 2. The number of anilines is 2. The molecule has 166 valence electrons. The van der Waals surface area contributed by atoms with Crippen molar-refractivity contribution in [2.24, 2.45) is 0 Å². The summed E-state index contributed by atoms with van der Waals surface area (Å²) in [5.74, 6) is -0.344. The first kappa shape index (κ1) is 22.2. The zero-order valence-corrected chi connectivity index (χ0v) is 18.6. The van der Waals surface area contributed by atoms with Crippen LogP contribution in [0.1, 0.15) is 13.3 Å². The van der Waals surface area contributed by atoms with Gasteiger partial charge in [0.05, 0.1) is 11.4 Å². The molecule has 0 spiro atoms. The summed E-state index contributed by atoms with van der Waals surface area (Å²) in [6.45, 7) is 1.74. The van der Waals surface area contributed by atoms with Crippen molar-refractivity contribution in [3.63, 3.8) is 0 Å². The quantitative estimate of drug-likeness (QED) is 0.359. The van der Waals surface area contributed by atoms with Gasteiger partial charge in [0.15, 0.2) is 10.9 Å². The van der Waals surface area contributed by atoms with Crippen molar-refractivity contribution in [1.82, 2.24) is 15.2 Å². The zero-order chi connectivity index (χ0) is 23.2. The summed E-state index contributed by atoms with van der Waals surface area (Å²) >= 11 is 1.08. The number of rotatable bonds is 7. The number of hydrogen-bond donors (Lipinski definition) is 3. The fourth-order valence-corrected chi connectivity index (χ4v) is 3.86. The summed E-state index contributed by atoms with van der Waals surface area (Å²) in [5, 5.41) is 16.0. The van der Waals surface area contributed by atoms with Gasteiger partial charge in [-0.25, -0.2) is 0 Å². The molecular formula is C24H21N5O3S. The smallest absolute Gasteiger partial charge is 0.278 e. The topological polar surface area (TPSA) is 117 Å². The molecule has 0 saturated carbocycles. The predicted molar refractivity (Wildman–Crippen MR) is 130 cm³/mol. The molecule has 8 nitrogen and oxygen atoms in total. The van der Waals surface area contributed by atoms with E-state index in [1.54, 1.807) is 31.2 Å². The molecule has 0 aliphatic rings. The van der Waals surface area contributed by atoms with Crippen molar-refractivity contribution >= 4 is 45.7 Å². The van der Waals surface area contributed by atoms with Crippen molar-refractivity contribution < 1.29 is 9.59 Å². The molecule has 33 heavy (non-hydrogen) atoms. The molecule has 3 N–H and O–H groups in total. The number of thioether (sulfide) groups is 1. The highest BCUT2D eigenvalue weighted by Crippen LogP contribution is 2.25. The Morgan fingerprint density at radius 3 is 2.39 bits per heavy atom. The summed E-state index contributed by atoms with van der Waals surface area (Å²) in [7, 11) is 0. The second-order valence-corrected chi connectivity index (χ2v) is 8.08. The minimum absolute atomic E-state index is 0.0519. The van der Waals surface area contributed by atoms with Crippen LogP contribution in [0.4, 0.5) is 11.4 Å². The first-order valence-electron chi connectivity index (χ1n) is 10.3. The molecule has 0 unspecified atom stereocenters. The first-order valence-corrected chi connectivity index (χ1v) is 11.3. The molecule has 0 aliphatic heterocycles. The maximum atomic E-state index is 12.6. The van der Waals surface area contributed by atoms with Gasteiger partial charge in [-0.1, -0.05) is 73.3 Å². The molecule has 1 heterocycles. The highest BCUT2D eigenvalue weighted by Gasteiger charge is 2.14. The van der Waals surface area contributed by atoms with Crippen molar-refractivity contribution in [2.45, 2.75) is 18.5 Å². The number of fused-ring (bicyclic) bond motifs is 1. The third-order valence-electron chi connectivity index (χ3n) is 4.86. The Labute approximate surface area is 193 Å². The van der Waals surface area contributed by atoms with Crippen LogP contribution in [-0.4, -0.2) is 32.7 Å². The third kappa shape index (κ3) is 5.27. The summed E-state index contributed by atoms with van der Waals surface area (Å²) in [5.41, 5.74) is 1.31. The van der Waals surface area contributed by atoms with E-state index in [4.69, 9.17) is 0 Å². The lowest BCUT2D eigenvalue weighted by Gasteiger charge is -2.10. The van der Waals surface area contributed by atoms with Crippen LogP contribution in [0.25, 0.3) is 22.0 Å². The SMILES string of the molecule is CCC(=O)Nc1ccccc1-c1nnc(SCC(=O)Nc2cccc3ccccc23)[nH]c1=O. The Morgan fingerprint density at radius 1 is 0.879 bits per heavy atom. The van der Waals surface area contributed by atoms with E-state index in [1.807, 2.05) is 42.5 Å². The summed E-state index contributed by atoms with van der Waals surface area (Å²) in [6.07, 6.45) is 0.312. The fraction of sp³-hybridized carbons (Fsp3) is 0.125. The van der Waals surface area contributed by atoms with Gasteiger partial charge < -0.3 is 10.6 Å². The van der Waals surface area contributed by atoms with E-state index in [9.17, 15) is 14.4 Å². The Kier molecular flexibility index (Phi) is 6.80. The van der Waals surface area contributed by atoms with Crippen LogP contribution in [-0.2, 0) is 9.59 Å². The van der Waals surface area contributed by atoms with Gasteiger partial charge in [-0.2, -0.15) is 0 Å². The summed E-state index contributed by atoms with van der Waals surface area (Å²) in [4.78, 5) is 39.6. The van der Waals surface area contributed by atoms with Gasteiger partial charge in [0.2, 0.25) is 11.8 Å². The maximum absolute atomic E-state index is 12.6. The number of aromatic nitrogens is 3. The number of carbonyl (C=O) groups excluding carboxylic acids is 2. The lowest BCUT2D eigenvalue weighted by Crippen LogP contribution is -2.18. The van der Waals surface area contributed by atoms with Crippen LogP contribution in [0.15, 0.2) is 76.7 Å². The molecule has 0 aliphatic carbocycles. The van der Waals surface area contributed by atoms with Gasteiger partial charge >= 0.3 is 0 Å². The lowest BCUT2D eigenvalue weighted by atomic mass is 10.1.